The molecule has 1 aromatic heterocycles. The van der Waals surface area contributed by atoms with Crippen LogP contribution in [0.2, 0.25) is 0 Å². The van der Waals surface area contributed by atoms with Gasteiger partial charge in [0.2, 0.25) is 11.7 Å². The fourth-order valence-corrected chi connectivity index (χ4v) is 2.30. The quantitative estimate of drug-likeness (QED) is 0.664. The maximum Gasteiger partial charge on any atom is 0.230 e. The Hall–Kier alpha value is -1.13. The molecule has 16 heavy (non-hydrogen) atoms. The maximum atomic E-state index is 9.94. The molecule has 0 bridgehead atoms. The molecule has 0 saturated carbocycles. The standard InChI is InChI=1S/C12H10BrNOS/c1-9-7-16-8-14(9)6-12(15)10-2-4-11(13)5-3-10/h2-8H,1H3/p+1/b12-6-. The van der Waals surface area contributed by atoms with Crippen LogP contribution in [0.15, 0.2) is 39.6 Å². The molecular formula is C12H11BrNOS+. The third-order valence-electron chi connectivity index (χ3n) is 2.22. The Morgan fingerprint density at radius 2 is 2.06 bits per heavy atom. The molecule has 0 aliphatic rings. The van der Waals surface area contributed by atoms with Crippen LogP contribution in [0.25, 0.3) is 12.0 Å². The van der Waals surface area contributed by atoms with Crippen molar-refractivity contribution in [2.24, 2.45) is 0 Å². The van der Waals surface area contributed by atoms with Crippen LogP contribution >= 0.6 is 27.3 Å². The molecule has 2 rings (SSSR count). The molecule has 1 heterocycles. The van der Waals surface area contributed by atoms with Crippen molar-refractivity contribution in [1.82, 2.24) is 0 Å². The lowest BCUT2D eigenvalue weighted by molar-refractivity contribution is -0.569. The Morgan fingerprint density at radius 3 is 2.62 bits per heavy atom. The van der Waals surface area contributed by atoms with Gasteiger partial charge in [0.05, 0.1) is 5.38 Å². The number of aryl methyl sites for hydroxylation is 1. The summed E-state index contributed by atoms with van der Waals surface area (Å²) in [5, 5.41) is 12.0. The largest absolute Gasteiger partial charge is 0.502 e. The molecule has 1 aromatic carbocycles. The van der Waals surface area contributed by atoms with Crippen LogP contribution in [0.4, 0.5) is 0 Å². The molecule has 1 N–H and O–H groups in total. The number of aliphatic hydroxyl groups is 1. The molecule has 0 radical (unpaired) electrons. The van der Waals surface area contributed by atoms with E-state index >= 15 is 0 Å². The van der Waals surface area contributed by atoms with E-state index in [9.17, 15) is 5.11 Å². The lowest BCUT2D eigenvalue weighted by Crippen LogP contribution is -2.26. The number of thiazole rings is 1. The third kappa shape index (κ3) is 2.51. The smallest absolute Gasteiger partial charge is 0.230 e. The van der Waals surface area contributed by atoms with Gasteiger partial charge in [-0.05, 0) is 24.3 Å². The average molecular weight is 297 g/mol. The van der Waals surface area contributed by atoms with Gasteiger partial charge < -0.3 is 5.11 Å². The first-order chi connectivity index (χ1) is 7.66. The normalized spacial score (nSPS) is 11.8. The first-order valence-electron chi connectivity index (χ1n) is 4.77. The Kier molecular flexibility index (Phi) is 3.41. The number of halogens is 1. The summed E-state index contributed by atoms with van der Waals surface area (Å²) in [6.45, 7) is 2.00. The second-order valence-electron chi connectivity index (χ2n) is 3.43. The van der Waals surface area contributed by atoms with E-state index in [2.05, 4.69) is 15.9 Å². The van der Waals surface area contributed by atoms with Crippen molar-refractivity contribution < 1.29 is 9.67 Å². The fraction of sp³-hybridized carbons (Fsp3) is 0.0833. The molecule has 0 unspecified atom stereocenters. The number of hydrogen-bond acceptors (Lipinski definition) is 2. The molecule has 0 atom stereocenters. The Balaban J connectivity index is 2.32. The average Bonchev–Trinajstić information content (AvgIpc) is 2.65. The molecule has 82 valence electrons. The first-order valence-corrected chi connectivity index (χ1v) is 6.51. The Labute approximate surface area is 107 Å². The van der Waals surface area contributed by atoms with Crippen LogP contribution in [0.5, 0.6) is 0 Å². The van der Waals surface area contributed by atoms with Crippen LogP contribution in [0.3, 0.4) is 0 Å². The number of hydrogen-bond donors (Lipinski definition) is 1. The highest BCUT2D eigenvalue weighted by molar-refractivity contribution is 9.10. The van der Waals surface area contributed by atoms with Gasteiger partial charge in [0.25, 0.3) is 0 Å². The van der Waals surface area contributed by atoms with Crippen LogP contribution in [0, 0.1) is 6.92 Å². The van der Waals surface area contributed by atoms with Crippen molar-refractivity contribution in [2.75, 3.05) is 0 Å². The van der Waals surface area contributed by atoms with Gasteiger partial charge in [-0.25, -0.2) is 0 Å². The predicted molar refractivity (Wildman–Crippen MR) is 70.2 cm³/mol. The second-order valence-corrected chi connectivity index (χ2v) is 5.06. The van der Waals surface area contributed by atoms with Gasteiger partial charge in [-0.15, -0.1) is 0 Å². The van der Waals surface area contributed by atoms with Crippen molar-refractivity contribution in [3.63, 3.8) is 0 Å². The fourth-order valence-electron chi connectivity index (χ4n) is 1.30. The molecule has 2 nitrogen and oxygen atoms in total. The summed E-state index contributed by atoms with van der Waals surface area (Å²) >= 11 is 4.97. The Bertz CT molecular complexity index is 516. The van der Waals surface area contributed by atoms with E-state index in [-0.39, 0.29) is 5.76 Å². The molecule has 4 heteroatoms. The van der Waals surface area contributed by atoms with E-state index < -0.39 is 0 Å². The van der Waals surface area contributed by atoms with Crippen LogP contribution in [-0.4, -0.2) is 5.11 Å². The summed E-state index contributed by atoms with van der Waals surface area (Å²) in [4.78, 5) is 0. The first kappa shape index (κ1) is 11.4. The number of aromatic nitrogens is 1. The van der Waals surface area contributed by atoms with Gasteiger partial charge in [0, 0.05) is 17.0 Å². The minimum atomic E-state index is 0.263. The molecule has 0 fully saturated rings. The number of benzene rings is 1. The van der Waals surface area contributed by atoms with Crippen LogP contribution in [0.1, 0.15) is 11.3 Å². The summed E-state index contributed by atoms with van der Waals surface area (Å²) in [6, 6.07) is 7.56. The van der Waals surface area contributed by atoms with Gasteiger partial charge in [-0.3, -0.25) is 0 Å². The zero-order chi connectivity index (χ0) is 11.5. The summed E-state index contributed by atoms with van der Waals surface area (Å²) in [6.07, 6.45) is 1.72. The molecule has 0 amide bonds. The van der Waals surface area contributed by atoms with E-state index in [0.717, 1.165) is 15.7 Å². The SMILES string of the molecule is Cc1csc[n+]1/C=C(\O)c1ccc(Br)cc1. The van der Waals surface area contributed by atoms with E-state index in [1.165, 1.54) is 0 Å². The van der Waals surface area contributed by atoms with Gasteiger partial charge >= 0.3 is 0 Å². The van der Waals surface area contributed by atoms with Gasteiger partial charge in [-0.1, -0.05) is 27.3 Å². The van der Waals surface area contributed by atoms with Crippen LogP contribution in [-0.2, 0) is 0 Å². The topological polar surface area (TPSA) is 24.1 Å². The molecule has 2 aromatic rings. The zero-order valence-corrected chi connectivity index (χ0v) is 11.1. The van der Waals surface area contributed by atoms with Crippen LogP contribution < -0.4 is 4.57 Å². The van der Waals surface area contributed by atoms with Crippen molar-refractivity contribution >= 4 is 39.2 Å². The maximum absolute atomic E-state index is 9.94. The van der Waals surface area contributed by atoms with Crippen molar-refractivity contribution in [2.45, 2.75) is 6.92 Å². The molecule has 0 aliphatic heterocycles. The lowest BCUT2D eigenvalue weighted by Gasteiger charge is -1.97. The highest BCUT2D eigenvalue weighted by Crippen LogP contribution is 2.15. The molecule has 0 aliphatic carbocycles. The molecule has 0 saturated heterocycles. The van der Waals surface area contributed by atoms with E-state index in [0.29, 0.717) is 0 Å². The summed E-state index contributed by atoms with van der Waals surface area (Å²) < 4.78 is 2.91. The van der Waals surface area contributed by atoms with E-state index in [1.54, 1.807) is 17.5 Å². The Morgan fingerprint density at radius 1 is 1.38 bits per heavy atom. The minimum Gasteiger partial charge on any atom is -0.502 e. The summed E-state index contributed by atoms with van der Waals surface area (Å²) in [5.74, 6) is 0.263. The zero-order valence-electron chi connectivity index (χ0n) is 8.72. The third-order valence-corrected chi connectivity index (χ3v) is 3.58. The molecule has 0 spiro atoms. The number of nitrogens with zero attached hydrogens (tertiary/aromatic N) is 1. The number of rotatable bonds is 2. The minimum absolute atomic E-state index is 0.263. The molecular weight excluding hydrogens is 286 g/mol. The monoisotopic (exact) mass is 296 g/mol. The highest BCUT2D eigenvalue weighted by atomic mass is 79.9. The van der Waals surface area contributed by atoms with E-state index in [4.69, 9.17) is 0 Å². The highest BCUT2D eigenvalue weighted by Gasteiger charge is 2.07. The summed E-state index contributed by atoms with van der Waals surface area (Å²) in [5.41, 5.74) is 3.86. The second kappa shape index (κ2) is 4.80. The van der Waals surface area contributed by atoms with E-state index in [1.807, 2.05) is 46.6 Å². The van der Waals surface area contributed by atoms with Gasteiger partial charge in [0.15, 0.2) is 11.5 Å². The van der Waals surface area contributed by atoms with Gasteiger partial charge in [-0.2, -0.15) is 4.57 Å². The van der Waals surface area contributed by atoms with Crippen molar-refractivity contribution in [1.29, 1.82) is 0 Å². The van der Waals surface area contributed by atoms with Crippen molar-refractivity contribution in [3.8, 4) is 0 Å². The summed E-state index contributed by atoms with van der Waals surface area (Å²) in [7, 11) is 0. The van der Waals surface area contributed by atoms with Gasteiger partial charge in [0.1, 0.15) is 0 Å². The predicted octanol–water partition coefficient (Wildman–Crippen LogP) is 3.62. The lowest BCUT2D eigenvalue weighted by atomic mass is 10.2. The van der Waals surface area contributed by atoms with Crippen molar-refractivity contribution in [3.05, 3.63) is 50.9 Å². The number of aliphatic hydroxyl groups excluding tert-OH is 1.